The number of carbonyl (C=O) groups excluding carboxylic acids is 2. The third-order valence-electron chi connectivity index (χ3n) is 3.08. The molecule has 0 bridgehead atoms. The molecule has 0 saturated carbocycles. The number of ether oxygens (including phenoxy) is 1. The van der Waals surface area contributed by atoms with Gasteiger partial charge in [0.15, 0.2) is 0 Å². The zero-order chi connectivity index (χ0) is 15.6. The van der Waals surface area contributed by atoms with Crippen LogP contribution < -0.4 is 10.2 Å². The molecule has 1 unspecified atom stereocenters. The highest BCUT2D eigenvalue weighted by atomic mass is 19.4. The van der Waals surface area contributed by atoms with Gasteiger partial charge in [-0.1, -0.05) is 0 Å². The van der Waals surface area contributed by atoms with Crippen LogP contribution in [0.15, 0.2) is 24.3 Å². The Morgan fingerprint density at radius 3 is 2.38 bits per heavy atom. The van der Waals surface area contributed by atoms with Crippen LogP contribution in [0, 0.1) is 0 Å². The fraction of sp³-hybridized carbons (Fsp3) is 0.385. The maximum atomic E-state index is 12.5. The molecule has 1 aromatic carbocycles. The number of methoxy groups -OCH3 is 1. The highest BCUT2D eigenvalue weighted by Crippen LogP contribution is 2.31. The lowest BCUT2D eigenvalue weighted by atomic mass is 10.1. The van der Waals surface area contributed by atoms with Crippen LogP contribution in [0.5, 0.6) is 0 Å². The van der Waals surface area contributed by atoms with E-state index < -0.39 is 29.7 Å². The van der Waals surface area contributed by atoms with E-state index >= 15 is 0 Å². The molecule has 1 aromatic rings. The molecule has 1 aliphatic heterocycles. The van der Waals surface area contributed by atoms with Gasteiger partial charge in [0.1, 0.15) is 6.04 Å². The lowest BCUT2D eigenvalue weighted by Crippen LogP contribution is -2.31. The highest BCUT2D eigenvalue weighted by molar-refractivity contribution is 6.21. The third kappa shape index (κ3) is 3.15. The Kier molecular flexibility index (Phi) is 4.17. The maximum absolute atomic E-state index is 12.5. The maximum Gasteiger partial charge on any atom is 0.416 e. The summed E-state index contributed by atoms with van der Waals surface area (Å²) in [5.74, 6) is -0.503. The number of urea groups is 1. The number of benzene rings is 1. The number of carbonyl (C=O) groups is 2. The Bertz CT molecular complexity index is 543. The van der Waals surface area contributed by atoms with Gasteiger partial charge < -0.3 is 10.1 Å². The van der Waals surface area contributed by atoms with Crippen LogP contribution in [0.1, 0.15) is 12.0 Å². The van der Waals surface area contributed by atoms with E-state index in [0.29, 0.717) is 6.42 Å². The van der Waals surface area contributed by atoms with E-state index in [0.717, 1.165) is 29.2 Å². The summed E-state index contributed by atoms with van der Waals surface area (Å²) in [6.45, 7) is 0.289. The minimum Gasteiger partial charge on any atom is -0.385 e. The molecule has 8 heteroatoms. The standard InChI is InChI=1S/C13H13F3N2O3/c1-21-7-6-10-11(19)18(12(20)17-10)9-4-2-8(3-5-9)13(14,15)16/h2-5,10H,6-7H2,1H3,(H,17,20). The molecule has 1 N–H and O–H groups in total. The fourth-order valence-corrected chi connectivity index (χ4v) is 2.01. The summed E-state index contributed by atoms with van der Waals surface area (Å²) in [4.78, 5) is 24.7. The number of hydrogen-bond donors (Lipinski definition) is 1. The van der Waals surface area contributed by atoms with E-state index in [9.17, 15) is 22.8 Å². The van der Waals surface area contributed by atoms with Crippen molar-refractivity contribution < 1.29 is 27.5 Å². The van der Waals surface area contributed by atoms with Gasteiger partial charge in [-0.15, -0.1) is 0 Å². The Morgan fingerprint density at radius 2 is 1.86 bits per heavy atom. The van der Waals surface area contributed by atoms with E-state index in [1.165, 1.54) is 7.11 Å². The predicted molar refractivity (Wildman–Crippen MR) is 67.7 cm³/mol. The van der Waals surface area contributed by atoms with Crippen LogP contribution in [0.2, 0.25) is 0 Å². The minimum atomic E-state index is -4.46. The van der Waals surface area contributed by atoms with Crippen molar-refractivity contribution in [1.29, 1.82) is 0 Å². The normalized spacial score (nSPS) is 19.0. The van der Waals surface area contributed by atoms with E-state index in [2.05, 4.69) is 5.32 Å². The van der Waals surface area contributed by atoms with Gasteiger partial charge >= 0.3 is 12.2 Å². The molecule has 0 radical (unpaired) electrons. The van der Waals surface area contributed by atoms with Crippen molar-refractivity contribution >= 4 is 17.6 Å². The summed E-state index contributed by atoms with van der Waals surface area (Å²) in [5.41, 5.74) is -0.736. The number of hydrogen-bond acceptors (Lipinski definition) is 3. The van der Waals surface area contributed by atoms with E-state index in [1.807, 2.05) is 0 Å². The van der Waals surface area contributed by atoms with Crippen LogP contribution >= 0.6 is 0 Å². The molecular weight excluding hydrogens is 289 g/mol. The van der Waals surface area contributed by atoms with Crippen molar-refractivity contribution in [3.05, 3.63) is 29.8 Å². The van der Waals surface area contributed by atoms with Crippen molar-refractivity contribution in [1.82, 2.24) is 5.32 Å². The largest absolute Gasteiger partial charge is 0.416 e. The molecule has 1 fully saturated rings. The minimum absolute atomic E-state index is 0.102. The summed E-state index contributed by atoms with van der Waals surface area (Å²) in [6, 6.07) is 2.48. The van der Waals surface area contributed by atoms with Crippen molar-refractivity contribution in [2.45, 2.75) is 18.6 Å². The molecule has 2 rings (SSSR count). The Balaban J connectivity index is 2.18. The number of halogens is 3. The molecule has 1 heterocycles. The molecule has 114 valence electrons. The molecule has 21 heavy (non-hydrogen) atoms. The van der Waals surface area contributed by atoms with Gasteiger partial charge in [0.05, 0.1) is 11.3 Å². The van der Waals surface area contributed by atoms with Crippen LogP contribution in [-0.4, -0.2) is 31.7 Å². The second kappa shape index (κ2) is 5.72. The first-order valence-electron chi connectivity index (χ1n) is 6.15. The summed E-state index contributed by atoms with van der Waals surface area (Å²) in [7, 11) is 1.47. The van der Waals surface area contributed by atoms with Crippen LogP contribution in [0.3, 0.4) is 0 Å². The predicted octanol–water partition coefficient (Wildman–Crippen LogP) is 2.17. The average molecular weight is 302 g/mol. The second-order valence-electron chi connectivity index (χ2n) is 4.50. The summed E-state index contributed by atoms with van der Waals surface area (Å²) < 4.78 is 42.3. The first-order chi connectivity index (χ1) is 9.84. The van der Waals surface area contributed by atoms with Gasteiger partial charge in [-0.05, 0) is 24.3 Å². The van der Waals surface area contributed by atoms with Gasteiger partial charge in [0.2, 0.25) is 0 Å². The van der Waals surface area contributed by atoms with Crippen molar-refractivity contribution in [3.63, 3.8) is 0 Å². The van der Waals surface area contributed by atoms with Gasteiger partial charge in [-0.2, -0.15) is 13.2 Å². The SMILES string of the molecule is COCCC1NC(=O)N(c2ccc(C(F)(F)F)cc2)C1=O. The van der Waals surface area contributed by atoms with E-state index in [-0.39, 0.29) is 12.3 Å². The molecular formula is C13H13F3N2O3. The summed E-state index contributed by atoms with van der Waals surface area (Å²) >= 11 is 0. The Morgan fingerprint density at radius 1 is 1.24 bits per heavy atom. The number of nitrogens with one attached hydrogen (secondary N) is 1. The number of nitrogens with zero attached hydrogens (tertiary/aromatic N) is 1. The first-order valence-corrected chi connectivity index (χ1v) is 6.15. The van der Waals surface area contributed by atoms with Crippen molar-refractivity contribution in [3.8, 4) is 0 Å². The molecule has 0 aromatic heterocycles. The van der Waals surface area contributed by atoms with Gasteiger partial charge in [-0.3, -0.25) is 4.79 Å². The number of alkyl halides is 3. The number of rotatable bonds is 4. The zero-order valence-electron chi connectivity index (χ0n) is 11.1. The topological polar surface area (TPSA) is 58.6 Å². The quantitative estimate of drug-likeness (QED) is 0.867. The van der Waals surface area contributed by atoms with E-state index in [4.69, 9.17) is 4.74 Å². The fourth-order valence-electron chi connectivity index (χ4n) is 2.01. The zero-order valence-corrected chi connectivity index (χ0v) is 11.1. The smallest absolute Gasteiger partial charge is 0.385 e. The Hall–Kier alpha value is -2.09. The first kappa shape index (κ1) is 15.3. The van der Waals surface area contributed by atoms with Crippen molar-refractivity contribution in [2.75, 3.05) is 18.6 Å². The van der Waals surface area contributed by atoms with Gasteiger partial charge in [0.25, 0.3) is 5.91 Å². The second-order valence-corrected chi connectivity index (χ2v) is 4.50. The monoisotopic (exact) mass is 302 g/mol. The molecule has 3 amide bonds. The van der Waals surface area contributed by atoms with Gasteiger partial charge in [-0.25, -0.2) is 9.69 Å². The van der Waals surface area contributed by atoms with Crippen LogP contribution in [-0.2, 0) is 15.7 Å². The van der Waals surface area contributed by atoms with Crippen LogP contribution in [0.25, 0.3) is 0 Å². The Labute approximate surface area is 118 Å². The van der Waals surface area contributed by atoms with E-state index in [1.54, 1.807) is 0 Å². The molecule has 5 nitrogen and oxygen atoms in total. The van der Waals surface area contributed by atoms with Gasteiger partial charge in [0, 0.05) is 20.1 Å². The molecule has 1 saturated heterocycles. The number of imide groups is 1. The van der Waals surface area contributed by atoms with Crippen LogP contribution in [0.4, 0.5) is 23.7 Å². The number of anilines is 1. The molecule has 1 aliphatic rings. The third-order valence-corrected chi connectivity index (χ3v) is 3.08. The summed E-state index contributed by atoms with van der Waals surface area (Å²) in [5, 5.41) is 2.47. The molecule has 1 atom stereocenters. The lowest BCUT2D eigenvalue weighted by molar-refractivity contribution is -0.137. The highest BCUT2D eigenvalue weighted by Gasteiger charge is 2.39. The molecule has 0 aliphatic carbocycles. The lowest BCUT2D eigenvalue weighted by Gasteiger charge is -2.14. The number of amides is 3. The summed E-state index contributed by atoms with van der Waals surface area (Å²) in [6.07, 6.45) is -4.16. The van der Waals surface area contributed by atoms with Crippen molar-refractivity contribution in [2.24, 2.45) is 0 Å². The average Bonchev–Trinajstić information content (AvgIpc) is 2.70. The molecule has 0 spiro atoms.